The standard InChI is InChI=1S/C29H48P/c1-3-24(2)26-21-19-25(20-22-26)23-30(27-13-7-4-8-14-27,28-15-9-5-10-16-28)29-17-11-6-12-18-29/h19-22,24,27-29H,3-18,23H2,1-2H3/q+1. The third-order valence-electron chi connectivity index (χ3n) is 9.38. The molecule has 0 amide bonds. The van der Waals surface area contributed by atoms with Crippen LogP contribution in [0.25, 0.3) is 0 Å². The van der Waals surface area contributed by atoms with Crippen molar-refractivity contribution in [2.75, 3.05) is 0 Å². The van der Waals surface area contributed by atoms with E-state index in [9.17, 15) is 0 Å². The van der Waals surface area contributed by atoms with Crippen molar-refractivity contribution in [3.8, 4) is 0 Å². The normalized spacial score (nSPS) is 24.1. The molecule has 0 nitrogen and oxygen atoms in total. The second-order valence-electron chi connectivity index (χ2n) is 11.1. The van der Waals surface area contributed by atoms with Gasteiger partial charge < -0.3 is 0 Å². The van der Waals surface area contributed by atoms with Gasteiger partial charge in [0.05, 0.1) is 23.1 Å². The summed E-state index contributed by atoms with van der Waals surface area (Å²) in [7, 11) is -0.990. The minimum atomic E-state index is -0.990. The molecule has 0 aliphatic heterocycles. The Morgan fingerprint density at radius 2 is 1.07 bits per heavy atom. The van der Waals surface area contributed by atoms with E-state index < -0.39 is 7.26 Å². The summed E-state index contributed by atoms with van der Waals surface area (Å²) in [5.74, 6) is 0.702. The van der Waals surface area contributed by atoms with Crippen LogP contribution in [0.2, 0.25) is 0 Å². The van der Waals surface area contributed by atoms with Crippen LogP contribution in [0.1, 0.15) is 134 Å². The quantitative estimate of drug-likeness (QED) is 0.380. The molecule has 3 fully saturated rings. The van der Waals surface area contributed by atoms with Gasteiger partial charge in [0.2, 0.25) is 0 Å². The Labute approximate surface area is 188 Å². The Balaban J connectivity index is 1.68. The molecule has 0 aromatic heterocycles. The third kappa shape index (κ3) is 5.00. The number of hydrogen-bond donors (Lipinski definition) is 0. The molecule has 1 unspecified atom stereocenters. The van der Waals surface area contributed by atoms with Crippen LogP contribution >= 0.6 is 7.26 Å². The minimum Gasteiger partial charge on any atom is -0.0648 e. The summed E-state index contributed by atoms with van der Waals surface area (Å²) >= 11 is 0. The zero-order valence-corrected chi connectivity index (χ0v) is 21.0. The number of benzene rings is 1. The summed E-state index contributed by atoms with van der Waals surface area (Å²) in [5.41, 5.74) is 6.57. The summed E-state index contributed by atoms with van der Waals surface area (Å²) in [6.07, 6.45) is 25.9. The molecule has 3 saturated carbocycles. The van der Waals surface area contributed by atoms with Crippen molar-refractivity contribution in [1.82, 2.24) is 0 Å². The van der Waals surface area contributed by atoms with E-state index in [1.165, 1.54) is 70.4 Å². The highest BCUT2D eigenvalue weighted by molar-refractivity contribution is 7.77. The Kier molecular flexibility index (Phi) is 8.36. The Bertz CT molecular complexity index is 569. The van der Waals surface area contributed by atoms with Gasteiger partial charge in [-0.15, -0.1) is 0 Å². The molecule has 0 bridgehead atoms. The molecule has 168 valence electrons. The lowest BCUT2D eigenvalue weighted by Crippen LogP contribution is -2.37. The molecule has 0 spiro atoms. The van der Waals surface area contributed by atoms with E-state index in [-0.39, 0.29) is 0 Å². The molecule has 3 aliphatic rings. The monoisotopic (exact) mass is 427 g/mol. The van der Waals surface area contributed by atoms with Gasteiger partial charge in [0.15, 0.2) is 0 Å². The van der Waals surface area contributed by atoms with Crippen LogP contribution < -0.4 is 0 Å². The van der Waals surface area contributed by atoms with Gasteiger partial charge in [0.25, 0.3) is 0 Å². The van der Waals surface area contributed by atoms with Crippen LogP contribution in [0.3, 0.4) is 0 Å². The second-order valence-corrected chi connectivity index (χ2v) is 15.6. The molecule has 1 heteroatoms. The smallest absolute Gasteiger partial charge is 0.0648 e. The van der Waals surface area contributed by atoms with Crippen molar-refractivity contribution in [1.29, 1.82) is 0 Å². The summed E-state index contributed by atoms with van der Waals surface area (Å²) in [6.45, 7) is 4.71. The fourth-order valence-corrected chi connectivity index (χ4v) is 14.9. The molecule has 0 radical (unpaired) electrons. The maximum atomic E-state index is 2.56. The number of rotatable bonds is 7. The van der Waals surface area contributed by atoms with Gasteiger partial charge in [0.1, 0.15) is 0 Å². The lowest BCUT2D eigenvalue weighted by Gasteiger charge is -2.49. The summed E-state index contributed by atoms with van der Waals surface area (Å²) in [5, 5.41) is 0. The maximum Gasteiger partial charge on any atom is 0.0850 e. The van der Waals surface area contributed by atoms with Crippen LogP contribution in [0.15, 0.2) is 24.3 Å². The van der Waals surface area contributed by atoms with Gasteiger partial charge >= 0.3 is 0 Å². The zero-order chi connectivity index (χ0) is 20.8. The second kappa shape index (κ2) is 11.0. The van der Waals surface area contributed by atoms with Crippen LogP contribution in [-0.4, -0.2) is 17.0 Å². The van der Waals surface area contributed by atoms with Crippen molar-refractivity contribution in [2.24, 2.45) is 0 Å². The van der Waals surface area contributed by atoms with E-state index in [1.807, 2.05) is 0 Å². The van der Waals surface area contributed by atoms with Gasteiger partial charge in [-0.1, -0.05) is 57.4 Å². The molecular weight excluding hydrogens is 379 g/mol. The first-order valence-corrected chi connectivity index (χ1v) is 15.9. The minimum absolute atomic E-state index is 0.702. The third-order valence-corrected chi connectivity index (χ3v) is 15.9. The van der Waals surface area contributed by atoms with Gasteiger partial charge in [-0.25, -0.2) is 0 Å². The SMILES string of the molecule is CCC(C)c1ccc(C[P+](C2CCCCC2)(C2CCCCC2)C2CCCCC2)cc1. The number of hydrogen-bond acceptors (Lipinski definition) is 0. The van der Waals surface area contributed by atoms with Crippen molar-refractivity contribution < 1.29 is 0 Å². The average Bonchev–Trinajstić information content (AvgIpc) is 2.84. The first kappa shape index (κ1) is 22.8. The first-order chi connectivity index (χ1) is 14.7. The Morgan fingerprint density at radius 3 is 1.43 bits per heavy atom. The molecule has 0 N–H and O–H groups in total. The van der Waals surface area contributed by atoms with Gasteiger partial charge in [0, 0.05) is 7.26 Å². The average molecular weight is 428 g/mol. The summed E-state index contributed by atoms with van der Waals surface area (Å²) < 4.78 is 0. The van der Waals surface area contributed by atoms with E-state index in [1.54, 1.807) is 49.7 Å². The van der Waals surface area contributed by atoms with Gasteiger partial charge in [-0.3, -0.25) is 0 Å². The van der Waals surface area contributed by atoms with Crippen molar-refractivity contribution >= 4 is 7.26 Å². The van der Waals surface area contributed by atoms with Crippen molar-refractivity contribution in [2.45, 2.75) is 146 Å². The Hall–Kier alpha value is -0.350. The van der Waals surface area contributed by atoms with E-state index in [0.717, 1.165) is 17.0 Å². The highest BCUT2D eigenvalue weighted by Gasteiger charge is 2.56. The van der Waals surface area contributed by atoms with E-state index in [0.29, 0.717) is 5.92 Å². The van der Waals surface area contributed by atoms with Crippen molar-refractivity contribution in [3.05, 3.63) is 35.4 Å². The predicted octanol–water partition coefficient (Wildman–Crippen LogP) is 9.72. The molecule has 1 atom stereocenters. The molecule has 30 heavy (non-hydrogen) atoms. The largest absolute Gasteiger partial charge is 0.0850 e. The van der Waals surface area contributed by atoms with Crippen LogP contribution in [0, 0.1) is 0 Å². The van der Waals surface area contributed by atoms with Gasteiger partial charge in [-0.05, 0) is 101 Å². The maximum absolute atomic E-state index is 2.56. The highest BCUT2D eigenvalue weighted by atomic mass is 31.2. The predicted molar refractivity (Wildman–Crippen MR) is 136 cm³/mol. The first-order valence-electron chi connectivity index (χ1n) is 13.7. The summed E-state index contributed by atoms with van der Waals surface area (Å²) in [4.78, 5) is 0. The van der Waals surface area contributed by atoms with E-state index >= 15 is 0 Å². The lowest BCUT2D eigenvalue weighted by atomic mass is 9.98. The molecule has 3 aliphatic carbocycles. The molecule has 0 saturated heterocycles. The highest BCUT2D eigenvalue weighted by Crippen LogP contribution is 2.78. The fraction of sp³-hybridized carbons (Fsp3) is 0.793. The molecule has 1 aromatic rings. The van der Waals surface area contributed by atoms with E-state index in [4.69, 9.17) is 0 Å². The van der Waals surface area contributed by atoms with E-state index in [2.05, 4.69) is 38.1 Å². The molecule has 0 heterocycles. The lowest BCUT2D eigenvalue weighted by molar-refractivity contribution is 0.450. The molecule has 1 aromatic carbocycles. The summed E-state index contributed by atoms with van der Waals surface area (Å²) in [6, 6.07) is 10.1. The van der Waals surface area contributed by atoms with Gasteiger partial charge in [-0.2, -0.15) is 0 Å². The fourth-order valence-electron chi connectivity index (χ4n) is 7.47. The Morgan fingerprint density at radius 1 is 0.667 bits per heavy atom. The van der Waals surface area contributed by atoms with Crippen LogP contribution in [0.5, 0.6) is 0 Å². The zero-order valence-electron chi connectivity index (χ0n) is 20.1. The van der Waals surface area contributed by atoms with Crippen LogP contribution in [0.4, 0.5) is 0 Å². The van der Waals surface area contributed by atoms with Crippen molar-refractivity contribution in [3.63, 3.8) is 0 Å². The molecule has 4 rings (SSSR count). The molecular formula is C29H48P+. The topological polar surface area (TPSA) is 0 Å². The van der Waals surface area contributed by atoms with Crippen LogP contribution in [-0.2, 0) is 6.16 Å².